The maximum atomic E-state index is 9.62. The molecule has 7 heteroatoms. The van der Waals surface area contributed by atoms with Gasteiger partial charge >= 0.3 is 0 Å². The zero-order chi connectivity index (χ0) is 13.9. The lowest BCUT2D eigenvalue weighted by molar-refractivity contribution is 0.303. The van der Waals surface area contributed by atoms with Crippen molar-refractivity contribution in [3.63, 3.8) is 0 Å². The van der Waals surface area contributed by atoms with Gasteiger partial charge < -0.3 is 10.2 Å². The highest BCUT2D eigenvalue weighted by Crippen LogP contribution is 2.21. The minimum Gasteiger partial charge on any atom is -0.508 e. The van der Waals surface area contributed by atoms with Crippen LogP contribution in [-0.4, -0.2) is 32.5 Å². The maximum absolute atomic E-state index is 9.62. The molecule has 20 heavy (non-hydrogen) atoms. The van der Waals surface area contributed by atoms with Crippen molar-refractivity contribution < 1.29 is 14.8 Å². The Bertz CT molecular complexity index is 691. The smallest absolute Gasteiger partial charge is 0.154 e. The molecule has 1 aromatic carbocycles. The Morgan fingerprint density at radius 2 is 2.10 bits per heavy atom. The number of aryl methyl sites for hydroxylation is 1. The van der Waals surface area contributed by atoms with Crippen molar-refractivity contribution in [3.8, 4) is 11.5 Å². The van der Waals surface area contributed by atoms with E-state index < -0.39 is 0 Å². The number of hydrogen-bond acceptors (Lipinski definition) is 7. The molecule has 0 atom stereocenters. The Morgan fingerprint density at radius 3 is 2.95 bits per heavy atom. The number of hydrogen-bond donors (Lipinski definition) is 2. The van der Waals surface area contributed by atoms with Crippen LogP contribution in [0.2, 0.25) is 0 Å². The van der Waals surface area contributed by atoms with Gasteiger partial charge in [-0.3, -0.25) is 0 Å². The van der Waals surface area contributed by atoms with Gasteiger partial charge in [-0.1, -0.05) is 5.16 Å². The van der Waals surface area contributed by atoms with Gasteiger partial charge in [0.2, 0.25) is 0 Å². The SMILES string of the molecule is Oc1ccc(/C=N/N=C2CCCc3nonc32)c(O)c1. The molecule has 0 fully saturated rings. The molecule has 2 N–H and O–H groups in total. The number of phenolic OH excluding ortho intramolecular Hbond substituents is 2. The highest BCUT2D eigenvalue weighted by atomic mass is 16.6. The van der Waals surface area contributed by atoms with Crippen molar-refractivity contribution in [2.45, 2.75) is 19.3 Å². The minimum absolute atomic E-state index is 0.00319. The minimum atomic E-state index is -0.0543. The van der Waals surface area contributed by atoms with E-state index in [1.54, 1.807) is 6.07 Å². The fraction of sp³-hybridized carbons (Fsp3) is 0.231. The molecule has 7 nitrogen and oxygen atoms in total. The van der Waals surface area contributed by atoms with E-state index in [1.165, 1.54) is 18.3 Å². The van der Waals surface area contributed by atoms with E-state index >= 15 is 0 Å². The van der Waals surface area contributed by atoms with Crippen LogP contribution in [0.5, 0.6) is 11.5 Å². The van der Waals surface area contributed by atoms with Gasteiger partial charge in [-0.05, 0) is 36.6 Å². The van der Waals surface area contributed by atoms with Gasteiger partial charge in [0.05, 0.1) is 11.9 Å². The molecular formula is C13H12N4O3. The molecule has 0 bridgehead atoms. The molecule has 1 heterocycles. The van der Waals surface area contributed by atoms with Crippen molar-refractivity contribution in [2.75, 3.05) is 0 Å². The van der Waals surface area contributed by atoms with Gasteiger partial charge in [0, 0.05) is 11.6 Å². The van der Waals surface area contributed by atoms with Gasteiger partial charge in [-0.15, -0.1) is 0 Å². The van der Waals surface area contributed by atoms with Gasteiger partial charge in [0.1, 0.15) is 17.2 Å². The lowest BCUT2D eigenvalue weighted by atomic mass is 9.99. The second kappa shape index (κ2) is 5.12. The number of aromatic nitrogens is 2. The lowest BCUT2D eigenvalue weighted by Crippen LogP contribution is -2.11. The summed E-state index contributed by atoms with van der Waals surface area (Å²) in [6.45, 7) is 0. The van der Waals surface area contributed by atoms with Crippen LogP contribution in [-0.2, 0) is 6.42 Å². The van der Waals surface area contributed by atoms with Crippen LogP contribution in [0.25, 0.3) is 0 Å². The summed E-state index contributed by atoms with van der Waals surface area (Å²) in [6.07, 6.45) is 3.95. The average Bonchev–Trinajstić information content (AvgIpc) is 2.90. The normalized spacial score (nSPS) is 16.7. The predicted molar refractivity (Wildman–Crippen MR) is 71.1 cm³/mol. The summed E-state index contributed by atoms with van der Waals surface area (Å²) in [5.41, 5.74) is 2.66. The zero-order valence-electron chi connectivity index (χ0n) is 10.5. The van der Waals surface area contributed by atoms with Gasteiger partial charge in [0.25, 0.3) is 0 Å². The number of benzene rings is 1. The zero-order valence-corrected chi connectivity index (χ0v) is 10.5. The molecule has 1 aromatic heterocycles. The van der Waals surface area contributed by atoms with E-state index in [9.17, 15) is 10.2 Å². The molecule has 3 rings (SSSR count). The molecule has 0 saturated carbocycles. The molecule has 0 amide bonds. The first kappa shape index (κ1) is 12.3. The number of phenols is 2. The van der Waals surface area contributed by atoms with E-state index in [0.717, 1.165) is 30.7 Å². The third-order valence-electron chi connectivity index (χ3n) is 3.05. The van der Waals surface area contributed by atoms with Crippen LogP contribution in [0.3, 0.4) is 0 Å². The third kappa shape index (κ3) is 2.37. The molecule has 2 aromatic rings. The standard InChI is InChI=1S/C13H12N4O3/c18-9-5-4-8(12(19)6-9)7-14-15-10-2-1-3-11-13(10)17-20-16-11/h4-7,18-19H,1-3H2/b14-7+,15-10?. The summed E-state index contributed by atoms with van der Waals surface area (Å²) < 4.78 is 4.69. The van der Waals surface area contributed by atoms with Crippen molar-refractivity contribution in [2.24, 2.45) is 10.2 Å². The molecule has 1 aliphatic rings. The van der Waals surface area contributed by atoms with E-state index in [4.69, 9.17) is 4.63 Å². The molecule has 0 saturated heterocycles. The number of aromatic hydroxyl groups is 2. The lowest BCUT2D eigenvalue weighted by Gasteiger charge is -2.07. The van der Waals surface area contributed by atoms with E-state index in [-0.39, 0.29) is 11.5 Å². The largest absolute Gasteiger partial charge is 0.508 e. The fourth-order valence-electron chi connectivity index (χ4n) is 2.03. The second-order valence-electron chi connectivity index (χ2n) is 4.45. The Morgan fingerprint density at radius 1 is 1.20 bits per heavy atom. The Balaban J connectivity index is 1.83. The van der Waals surface area contributed by atoms with E-state index in [0.29, 0.717) is 11.3 Å². The summed E-state index contributed by atoms with van der Waals surface area (Å²) in [4.78, 5) is 0. The highest BCUT2D eigenvalue weighted by Gasteiger charge is 2.20. The van der Waals surface area contributed by atoms with Crippen molar-refractivity contribution >= 4 is 11.9 Å². The fourth-order valence-corrected chi connectivity index (χ4v) is 2.03. The molecule has 1 aliphatic carbocycles. The number of rotatable bonds is 2. The van der Waals surface area contributed by atoms with Crippen LogP contribution in [0.4, 0.5) is 0 Å². The topological polar surface area (TPSA) is 104 Å². The average molecular weight is 272 g/mol. The summed E-state index contributed by atoms with van der Waals surface area (Å²) in [5, 5.41) is 34.5. The predicted octanol–water partition coefficient (Wildman–Crippen LogP) is 1.64. The first-order valence-electron chi connectivity index (χ1n) is 6.18. The summed E-state index contributed by atoms with van der Waals surface area (Å²) in [7, 11) is 0. The highest BCUT2D eigenvalue weighted by molar-refractivity contribution is 6.00. The summed E-state index contributed by atoms with van der Waals surface area (Å²) >= 11 is 0. The van der Waals surface area contributed by atoms with Crippen LogP contribution in [0.15, 0.2) is 33.0 Å². The van der Waals surface area contributed by atoms with Gasteiger partial charge in [0.15, 0.2) is 5.69 Å². The van der Waals surface area contributed by atoms with Crippen LogP contribution < -0.4 is 0 Å². The summed E-state index contributed by atoms with van der Waals surface area (Å²) in [5.74, 6) is -0.0575. The van der Waals surface area contributed by atoms with Crippen LogP contribution in [0, 0.1) is 0 Å². The molecule has 0 aliphatic heterocycles. The summed E-state index contributed by atoms with van der Waals surface area (Å²) in [6, 6.07) is 4.27. The van der Waals surface area contributed by atoms with Gasteiger partial charge in [-0.2, -0.15) is 10.2 Å². The molecule has 0 spiro atoms. The Labute approximate surface area is 114 Å². The van der Waals surface area contributed by atoms with Crippen LogP contribution in [0.1, 0.15) is 29.8 Å². The van der Waals surface area contributed by atoms with Crippen LogP contribution >= 0.6 is 0 Å². The molecule has 102 valence electrons. The molecule has 0 radical (unpaired) electrons. The molecular weight excluding hydrogens is 260 g/mol. The Kier molecular flexibility index (Phi) is 3.16. The Hall–Kier alpha value is -2.70. The quantitative estimate of drug-likeness (QED) is 0.638. The number of fused-ring (bicyclic) bond motifs is 1. The first-order chi connectivity index (χ1) is 9.74. The van der Waals surface area contributed by atoms with Crippen molar-refractivity contribution in [1.29, 1.82) is 0 Å². The monoisotopic (exact) mass is 272 g/mol. The van der Waals surface area contributed by atoms with Gasteiger partial charge in [-0.25, -0.2) is 4.63 Å². The van der Waals surface area contributed by atoms with E-state index in [2.05, 4.69) is 20.5 Å². The second-order valence-corrected chi connectivity index (χ2v) is 4.45. The van der Waals surface area contributed by atoms with E-state index in [1.807, 2.05) is 0 Å². The molecule has 0 unspecified atom stereocenters. The number of nitrogens with zero attached hydrogens (tertiary/aromatic N) is 4. The van der Waals surface area contributed by atoms with Crippen molar-refractivity contribution in [3.05, 3.63) is 35.2 Å². The maximum Gasteiger partial charge on any atom is 0.154 e. The first-order valence-corrected chi connectivity index (χ1v) is 6.18. The van der Waals surface area contributed by atoms with Crippen molar-refractivity contribution in [1.82, 2.24) is 10.3 Å². The third-order valence-corrected chi connectivity index (χ3v) is 3.05.